The van der Waals surface area contributed by atoms with E-state index in [9.17, 15) is 4.79 Å². The SMILES string of the molecule is CCCn1cc(Br)cc1C(=O)N1CCC(C)C(N)C1. The molecule has 0 radical (unpaired) electrons. The van der Waals surface area contributed by atoms with E-state index in [1.807, 2.05) is 21.7 Å². The second-order valence-electron chi connectivity index (χ2n) is 5.42. The number of hydrogen-bond acceptors (Lipinski definition) is 2. The van der Waals surface area contributed by atoms with Crippen molar-refractivity contribution in [3.63, 3.8) is 0 Å². The van der Waals surface area contributed by atoms with Gasteiger partial charge in [0.15, 0.2) is 0 Å². The van der Waals surface area contributed by atoms with Crippen molar-refractivity contribution in [2.75, 3.05) is 13.1 Å². The van der Waals surface area contributed by atoms with Crippen molar-refractivity contribution < 1.29 is 4.79 Å². The van der Waals surface area contributed by atoms with Gasteiger partial charge >= 0.3 is 0 Å². The minimum absolute atomic E-state index is 0.0933. The van der Waals surface area contributed by atoms with Crippen molar-refractivity contribution >= 4 is 21.8 Å². The number of likely N-dealkylation sites (tertiary alicyclic amines) is 1. The average molecular weight is 328 g/mol. The fourth-order valence-electron chi connectivity index (χ4n) is 2.53. The van der Waals surface area contributed by atoms with Crippen LogP contribution in [0.5, 0.6) is 0 Å². The molecule has 0 aliphatic carbocycles. The minimum atomic E-state index is 0.0933. The van der Waals surface area contributed by atoms with Crippen LogP contribution in [-0.2, 0) is 6.54 Å². The molecule has 4 nitrogen and oxygen atoms in total. The van der Waals surface area contributed by atoms with Gasteiger partial charge in [-0.05, 0) is 40.8 Å². The Kier molecular flexibility index (Phi) is 4.68. The highest BCUT2D eigenvalue weighted by Gasteiger charge is 2.28. The lowest BCUT2D eigenvalue weighted by atomic mass is 9.94. The fourth-order valence-corrected chi connectivity index (χ4v) is 2.99. The number of piperidine rings is 1. The topological polar surface area (TPSA) is 51.3 Å². The molecule has 1 aromatic rings. The summed E-state index contributed by atoms with van der Waals surface area (Å²) < 4.78 is 2.98. The number of carbonyl (C=O) groups excluding carboxylic acids is 1. The van der Waals surface area contributed by atoms with Gasteiger partial charge in [0.05, 0.1) is 0 Å². The molecule has 2 heterocycles. The van der Waals surface area contributed by atoms with Crippen molar-refractivity contribution in [2.24, 2.45) is 11.7 Å². The fraction of sp³-hybridized carbons (Fsp3) is 0.643. The zero-order valence-corrected chi connectivity index (χ0v) is 13.2. The van der Waals surface area contributed by atoms with Crippen molar-refractivity contribution in [1.82, 2.24) is 9.47 Å². The highest BCUT2D eigenvalue weighted by molar-refractivity contribution is 9.10. The van der Waals surface area contributed by atoms with Crippen molar-refractivity contribution in [3.05, 3.63) is 22.4 Å². The molecule has 19 heavy (non-hydrogen) atoms. The summed E-state index contributed by atoms with van der Waals surface area (Å²) >= 11 is 3.45. The van der Waals surface area contributed by atoms with Crippen LogP contribution in [-0.4, -0.2) is 34.5 Å². The van der Waals surface area contributed by atoms with Crippen molar-refractivity contribution in [2.45, 2.75) is 39.3 Å². The first-order valence-corrected chi connectivity index (χ1v) is 7.72. The lowest BCUT2D eigenvalue weighted by molar-refractivity contribution is 0.0661. The number of amides is 1. The van der Waals surface area contributed by atoms with E-state index in [0.29, 0.717) is 12.5 Å². The smallest absolute Gasteiger partial charge is 0.270 e. The number of nitrogens with zero attached hydrogens (tertiary/aromatic N) is 2. The van der Waals surface area contributed by atoms with Gasteiger partial charge in [-0.2, -0.15) is 0 Å². The zero-order valence-electron chi connectivity index (χ0n) is 11.6. The Hall–Kier alpha value is -0.810. The molecule has 1 aromatic heterocycles. The van der Waals surface area contributed by atoms with Gasteiger partial charge in [-0.25, -0.2) is 0 Å². The van der Waals surface area contributed by atoms with Crippen LogP contribution in [0.25, 0.3) is 0 Å². The first-order valence-electron chi connectivity index (χ1n) is 6.93. The summed E-state index contributed by atoms with van der Waals surface area (Å²) in [7, 11) is 0. The molecule has 0 aromatic carbocycles. The summed E-state index contributed by atoms with van der Waals surface area (Å²) in [6, 6.07) is 2.00. The van der Waals surface area contributed by atoms with Crippen molar-refractivity contribution in [3.8, 4) is 0 Å². The van der Waals surface area contributed by atoms with Crippen LogP contribution in [0.3, 0.4) is 0 Å². The first-order chi connectivity index (χ1) is 9.02. The van der Waals surface area contributed by atoms with Crippen LogP contribution in [0, 0.1) is 5.92 Å². The highest BCUT2D eigenvalue weighted by Crippen LogP contribution is 2.21. The number of halogens is 1. The molecule has 5 heteroatoms. The molecule has 106 valence electrons. The van der Waals surface area contributed by atoms with Gasteiger partial charge < -0.3 is 15.2 Å². The second-order valence-corrected chi connectivity index (χ2v) is 6.33. The second kappa shape index (κ2) is 6.09. The molecule has 1 aliphatic heterocycles. The normalized spacial score (nSPS) is 23.7. The van der Waals surface area contributed by atoms with Gasteiger partial charge in [0.1, 0.15) is 5.69 Å². The Morgan fingerprint density at radius 1 is 1.58 bits per heavy atom. The van der Waals surface area contributed by atoms with E-state index in [0.717, 1.165) is 36.1 Å². The Balaban J connectivity index is 2.15. The van der Waals surface area contributed by atoms with Gasteiger partial charge in [0.25, 0.3) is 5.91 Å². The monoisotopic (exact) mass is 327 g/mol. The van der Waals surface area contributed by atoms with E-state index >= 15 is 0 Å². The number of carbonyl (C=O) groups is 1. The largest absolute Gasteiger partial charge is 0.342 e. The van der Waals surface area contributed by atoms with Gasteiger partial charge in [-0.3, -0.25) is 4.79 Å². The van der Waals surface area contributed by atoms with Crippen LogP contribution in [0.15, 0.2) is 16.7 Å². The summed E-state index contributed by atoms with van der Waals surface area (Å²) in [5.74, 6) is 0.597. The van der Waals surface area contributed by atoms with Gasteiger partial charge in [-0.15, -0.1) is 0 Å². The van der Waals surface area contributed by atoms with Crippen LogP contribution in [0.4, 0.5) is 0 Å². The third-order valence-corrected chi connectivity index (χ3v) is 4.28. The number of aryl methyl sites for hydroxylation is 1. The lowest BCUT2D eigenvalue weighted by Crippen LogP contribution is -2.50. The molecule has 0 spiro atoms. The van der Waals surface area contributed by atoms with E-state index in [-0.39, 0.29) is 11.9 Å². The highest BCUT2D eigenvalue weighted by atomic mass is 79.9. The van der Waals surface area contributed by atoms with E-state index in [1.54, 1.807) is 0 Å². The standard InChI is InChI=1S/C14H22BrN3O/c1-3-5-17-8-11(15)7-13(17)14(19)18-6-4-10(2)12(16)9-18/h7-8,10,12H,3-6,9,16H2,1-2H3. The predicted octanol–water partition coefficient (Wildman–Crippen LogP) is 2.47. The molecule has 1 aliphatic rings. The molecule has 0 bridgehead atoms. The summed E-state index contributed by atoms with van der Waals surface area (Å²) in [5, 5.41) is 0. The predicted molar refractivity (Wildman–Crippen MR) is 80.1 cm³/mol. The molecule has 1 amide bonds. The molecule has 0 saturated carbocycles. The van der Waals surface area contributed by atoms with E-state index < -0.39 is 0 Å². The molecule has 2 N–H and O–H groups in total. The number of aromatic nitrogens is 1. The molecule has 1 fully saturated rings. The van der Waals surface area contributed by atoms with E-state index in [4.69, 9.17) is 5.73 Å². The number of hydrogen-bond donors (Lipinski definition) is 1. The Bertz CT molecular complexity index is 458. The zero-order chi connectivity index (χ0) is 14.0. The van der Waals surface area contributed by atoms with Crippen LogP contribution in [0.1, 0.15) is 37.2 Å². The molecule has 2 atom stereocenters. The van der Waals surface area contributed by atoms with Gasteiger partial charge in [0, 0.05) is 36.3 Å². The minimum Gasteiger partial charge on any atom is -0.342 e. The third-order valence-electron chi connectivity index (χ3n) is 3.85. The molecule has 2 unspecified atom stereocenters. The van der Waals surface area contributed by atoms with Crippen molar-refractivity contribution in [1.29, 1.82) is 0 Å². The first kappa shape index (κ1) is 14.6. The third kappa shape index (κ3) is 3.20. The lowest BCUT2D eigenvalue weighted by Gasteiger charge is -2.35. The number of rotatable bonds is 3. The molecular weight excluding hydrogens is 306 g/mol. The van der Waals surface area contributed by atoms with Crippen LogP contribution in [0.2, 0.25) is 0 Å². The maximum absolute atomic E-state index is 12.6. The summed E-state index contributed by atoms with van der Waals surface area (Å²) in [5.41, 5.74) is 6.84. The maximum Gasteiger partial charge on any atom is 0.270 e. The van der Waals surface area contributed by atoms with Gasteiger partial charge in [-0.1, -0.05) is 13.8 Å². The van der Waals surface area contributed by atoms with Crippen LogP contribution >= 0.6 is 15.9 Å². The summed E-state index contributed by atoms with van der Waals surface area (Å²) in [4.78, 5) is 14.5. The maximum atomic E-state index is 12.6. The van der Waals surface area contributed by atoms with Crippen LogP contribution < -0.4 is 5.73 Å². The average Bonchev–Trinajstić information content (AvgIpc) is 2.73. The Morgan fingerprint density at radius 3 is 2.95 bits per heavy atom. The molecule has 1 saturated heterocycles. The van der Waals surface area contributed by atoms with Gasteiger partial charge in [0.2, 0.25) is 0 Å². The Morgan fingerprint density at radius 2 is 2.32 bits per heavy atom. The number of nitrogens with two attached hydrogens (primary N) is 1. The Labute approximate surface area is 123 Å². The quantitative estimate of drug-likeness (QED) is 0.927. The molecule has 2 rings (SSSR count). The summed E-state index contributed by atoms with van der Waals surface area (Å²) in [6.45, 7) is 6.60. The summed E-state index contributed by atoms with van der Waals surface area (Å²) in [6.07, 6.45) is 3.98. The molecular formula is C14H22BrN3O. The van der Waals surface area contributed by atoms with E-state index in [2.05, 4.69) is 29.8 Å². The van der Waals surface area contributed by atoms with E-state index in [1.165, 1.54) is 0 Å².